The first-order valence-electron chi connectivity index (χ1n) is 10.8. The van der Waals surface area contributed by atoms with E-state index in [0.29, 0.717) is 19.0 Å². The number of rotatable bonds is 11. The molecule has 1 aliphatic rings. The number of carbonyl (C=O) groups excluding carboxylic acids is 2. The fraction of sp³-hybridized carbons (Fsp3) is 0.500. The SMILES string of the molecule is COC(=O)[C@H](C)[NH+](CC(=O)N(CCc1ccccc1)Cc1ccc(C)o1)CC1CC1. The zero-order chi connectivity index (χ0) is 21.5. The lowest BCUT2D eigenvalue weighted by Gasteiger charge is -2.28. The van der Waals surface area contributed by atoms with E-state index in [1.165, 1.54) is 25.5 Å². The van der Waals surface area contributed by atoms with E-state index in [1.807, 2.05) is 49.1 Å². The van der Waals surface area contributed by atoms with Gasteiger partial charge in [0.1, 0.15) is 11.5 Å². The van der Waals surface area contributed by atoms with Crippen LogP contribution >= 0.6 is 0 Å². The summed E-state index contributed by atoms with van der Waals surface area (Å²) in [4.78, 5) is 28.3. The van der Waals surface area contributed by atoms with Crippen molar-refractivity contribution in [3.05, 3.63) is 59.5 Å². The minimum atomic E-state index is -0.360. The molecule has 0 spiro atoms. The van der Waals surface area contributed by atoms with Gasteiger partial charge in [0.2, 0.25) is 0 Å². The van der Waals surface area contributed by atoms with Crippen LogP contribution in [-0.4, -0.2) is 49.6 Å². The lowest BCUT2D eigenvalue weighted by molar-refractivity contribution is -0.909. The van der Waals surface area contributed by atoms with Gasteiger partial charge in [-0.3, -0.25) is 4.79 Å². The zero-order valence-corrected chi connectivity index (χ0v) is 18.2. The first-order chi connectivity index (χ1) is 14.5. The third kappa shape index (κ3) is 6.46. The molecule has 1 aromatic carbocycles. The van der Waals surface area contributed by atoms with Crippen LogP contribution in [0.25, 0.3) is 0 Å². The second-order valence-corrected chi connectivity index (χ2v) is 8.29. The number of nitrogens with one attached hydrogen (secondary N) is 1. The number of ether oxygens (including phenoxy) is 1. The quantitative estimate of drug-likeness (QED) is 0.573. The number of aryl methyl sites for hydroxylation is 1. The summed E-state index contributed by atoms with van der Waals surface area (Å²) < 4.78 is 10.7. The molecule has 2 aromatic rings. The normalized spacial score (nSPS) is 15.4. The number of amides is 1. The Balaban J connectivity index is 1.70. The molecule has 6 heteroatoms. The summed E-state index contributed by atoms with van der Waals surface area (Å²) in [6.45, 7) is 5.89. The first-order valence-corrected chi connectivity index (χ1v) is 10.8. The predicted octanol–water partition coefficient (Wildman–Crippen LogP) is 2.02. The van der Waals surface area contributed by atoms with Gasteiger partial charge >= 0.3 is 5.97 Å². The van der Waals surface area contributed by atoms with E-state index >= 15 is 0 Å². The molecule has 162 valence electrons. The standard InChI is InChI=1S/C24H32N2O4/c1-18-9-12-22(30-18)16-25(14-13-20-7-5-4-6-8-20)23(27)17-26(15-21-10-11-21)19(2)24(28)29-3/h4-9,12,19,21H,10-11,13-17H2,1-3H3/p+1/t19-/m0/s1. The summed E-state index contributed by atoms with van der Waals surface area (Å²) >= 11 is 0. The Kier molecular flexibility index (Phi) is 7.69. The number of quaternary nitrogens is 1. The summed E-state index contributed by atoms with van der Waals surface area (Å²) in [5.41, 5.74) is 1.19. The van der Waals surface area contributed by atoms with Crippen molar-refractivity contribution in [2.24, 2.45) is 5.92 Å². The van der Waals surface area contributed by atoms with Crippen LogP contribution in [0.4, 0.5) is 0 Å². The molecule has 0 saturated heterocycles. The maximum Gasteiger partial charge on any atom is 0.364 e. The summed E-state index contributed by atoms with van der Waals surface area (Å²) in [6, 6.07) is 13.6. The summed E-state index contributed by atoms with van der Waals surface area (Å²) in [5.74, 6) is 1.98. The Hall–Kier alpha value is -2.60. The second-order valence-electron chi connectivity index (χ2n) is 8.29. The molecule has 1 N–H and O–H groups in total. The van der Waals surface area contributed by atoms with Crippen molar-refractivity contribution in [2.45, 2.75) is 45.7 Å². The van der Waals surface area contributed by atoms with E-state index in [0.717, 1.165) is 29.4 Å². The van der Waals surface area contributed by atoms with Gasteiger partial charge in [0.25, 0.3) is 5.91 Å². The molecule has 0 aliphatic heterocycles. The Morgan fingerprint density at radius 1 is 1.20 bits per heavy atom. The molecule has 1 fully saturated rings. The van der Waals surface area contributed by atoms with Crippen molar-refractivity contribution in [3.63, 3.8) is 0 Å². The van der Waals surface area contributed by atoms with Crippen LogP contribution in [0.3, 0.4) is 0 Å². The molecule has 0 radical (unpaired) electrons. The molecule has 6 nitrogen and oxygen atoms in total. The van der Waals surface area contributed by atoms with Crippen LogP contribution < -0.4 is 4.90 Å². The minimum absolute atomic E-state index is 0.0337. The Labute approximate surface area is 178 Å². The average molecular weight is 414 g/mol. The molecular formula is C24H33N2O4+. The highest BCUT2D eigenvalue weighted by atomic mass is 16.5. The fourth-order valence-corrected chi connectivity index (χ4v) is 3.70. The highest BCUT2D eigenvalue weighted by molar-refractivity contribution is 5.78. The maximum absolute atomic E-state index is 13.3. The van der Waals surface area contributed by atoms with Crippen LogP contribution in [0.5, 0.6) is 0 Å². The molecule has 1 saturated carbocycles. The number of methoxy groups -OCH3 is 1. The number of benzene rings is 1. The Bertz CT molecular complexity index is 829. The minimum Gasteiger partial charge on any atom is -0.465 e. The third-order valence-electron chi connectivity index (χ3n) is 5.80. The van der Waals surface area contributed by atoms with Crippen LogP contribution in [0.15, 0.2) is 46.9 Å². The summed E-state index contributed by atoms with van der Waals surface area (Å²) in [5, 5.41) is 0. The van der Waals surface area contributed by atoms with Crippen molar-refractivity contribution in [3.8, 4) is 0 Å². The number of furan rings is 1. The van der Waals surface area contributed by atoms with E-state index in [4.69, 9.17) is 9.15 Å². The van der Waals surface area contributed by atoms with Gasteiger partial charge in [-0.2, -0.15) is 0 Å². The fourth-order valence-electron chi connectivity index (χ4n) is 3.70. The molecule has 30 heavy (non-hydrogen) atoms. The van der Waals surface area contributed by atoms with Gasteiger partial charge in [0.05, 0.1) is 20.2 Å². The van der Waals surface area contributed by atoms with Crippen LogP contribution in [0.1, 0.15) is 36.8 Å². The van der Waals surface area contributed by atoms with Gasteiger partial charge in [0.15, 0.2) is 12.6 Å². The summed E-state index contributed by atoms with van der Waals surface area (Å²) in [7, 11) is 1.40. The van der Waals surface area contributed by atoms with Gasteiger partial charge in [0, 0.05) is 12.5 Å². The zero-order valence-electron chi connectivity index (χ0n) is 18.2. The molecule has 1 amide bonds. The van der Waals surface area contributed by atoms with Crippen molar-refractivity contribution < 1.29 is 23.6 Å². The van der Waals surface area contributed by atoms with Crippen molar-refractivity contribution in [2.75, 3.05) is 26.7 Å². The van der Waals surface area contributed by atoms with Crippen molar-refractivity contribution in [1.29, 1.82) is 0 Å². The number of esters is 1. The van der Waals surface area contributed by atoms with Gasteiger partial charge in [-0.05, 0) is 50.8 Å². The van der Waals surface area contributed by atoms with E-state index in [2.05, 4.69) is 12.1 Å². The van der Waals surface area contributed by atoms with Crippen LogP contribution in [0, 0.1) is 12.8 Å². The molecule has 3 rings (SSSR count). The highest BCUT2D eigenvalue weighted by Crippen LogP contribution is 2.26. The number of nitrogens with zero attached hydrogens (tertiary/aromatic N) is 1. The predicted molar refractivity (Wildman–Crippen MR) is 114 cm³/mol. The van der Waals surface area contributed by atoms with Gasteiger partial charge in [-0.15, -0.1) is 0 Å². The second kappa shape index (κ2) is 10.4. The number of carbonyl (C=O) groups is 2. The third-order valence-corrected chi connectivity index (χ3v) is 5.80. The highest BCUT2D eigenvalue weighted by Gasteiger charge is 2.35. The molecule has 2 atom stereocenters. The average Bonchev–Trinajstić information content (AvgIpc) is 3.48. The maximum atomic E-state index is 13.3. The monoisotopic (exact) mass is 413 g/mol. The largest absolute Gasteiger partial charge is 0.465 e. The van der Waals surface area contributed by atoms with Gasteiger partial charge in [-0.1, -0.05) is 30.3 Å². The number of hydrogen-bond donors (Lipinski definition) is 1. The van der Waals surface area contributed by atoms with Gasteiger partial charge in [-0.25, -0.2) is 4.79 Å². The Morgan fingerprint density at radius 2 is 1.93 bits per heavy atom. The molecule has 1 heterocycles. The van der Waals surface area contributed by atoms with E-state index in [9.17, 15) is 9.59 Å². The molecule has 1 aromatic heterocycles. The molecule has 1 unspecified atom stereocenters. The van der Waals surface area contributed by atoms with Gasteiger partial charge < -0.3 is 19.0 Å². The van der Waals surface area contributed by atoms with Crippen LogP contribution in [0.2, 0.25) is 0 Å². The molecular weight excluding hydrogens is 380 g/mol. The lowest BCUT2D eigenvalue weighted by atomic mass is 10.1. The smallest absolute Gasteiger partial charge is 0.364 e. The first kappa shape index (κ1) is 22.1. The topological polar surface area (TPSA) is 64.2 Å². The van der Waals surface area contributed by atoms with E-state index < -0.39 is 0 Å². The number of hydrogen-bond acceptors (Lipinski definition) is 4. The van der Waals surface area contributed by atoms with E-state index in [-0.39, 0.29) is 24.5 Å². The van der Waals surface area contributed by atoms with Crippen LogP contribution in [-0.2, 0) is 27.3 Å². The van der Waals surface area contributed by atoms with Crippen molar-refractivity contribution in [1.82, 2.24) is 4.90 Å². The summed E-state index contributed by atoms with van der Waals surface area (Å²) in [6.07, 6.45) is 3.13. The Morgan fingerprint density at radius 3 is 2.53 bits per heavy atom. The van der Waals surface area contributed by atoms with E-state index in [1.54, 1.807) is 0 Å². The molecule has 0 bridgehead atoms. The lowest BCUT2D eigenvalue weighted by Crippen LogP contribution is -3.17. The molecule has 1 aliphatic carbocycles. The van der Waals surface area contributed by atoms with Crippen molar-refractivity contribution >= 4 is 11.9 Å².